The lowest BCUT2D eigenvalue weighted by molar-refractivity contribution is 0.206. The first kappa shape index (κ1) is 22.0. The summed E-state index contributed by atoms with van der Waals surface area (Å²) in [5, 5.41) is 10.8. The predicted octanol–water partition coefficient (Wildman–Crippen LogP) is 4.07. The number of anilines is 1. The minimum atomic E-state index is -0.612. The van der Waals surface area contributed by atoms with E-state index < -0.39 is 11.9 Å². The molecule has 1 atom stereocenters. The van der Waals surface area contributed by atoms with Crippen LogP contribution in [0.1, 0.15) is 29.8 Å². The third-order valence-corrected chi connectivity index (χ3v) is 6.15. The van der Waals surface area contributed by atoms with Crippen molar-refractivity contribution < 1.29 is 13.9 Å². The Morgan fingerprint density at radius 1 is 1.00 bits per heavy atom. The maximum atomic E-state index is 14.3. The van der Waals surface area contributed by atoms with Crippen molar-refractivity contribution in [1.29, 1.82) is 0 Å². The van der Waals surface area contributed by atoms with Crippen LogP contribution in [-0.4, -0.2) is 40.8 Å². The number of rotatable bonds is 5. The molecule has 1 N–H and O–H groups in total. The summed E-state index contributed by atoms with van der Waals surface area (Å²) in [4.78, 5) is 17.4. The second-order valence-electron chi connectivity index (χ2n) is 8.07. The molecule has 32 heavy (non-hydrogen) atoms. The molecular formula is C25H27F2N3O2. The molecule has 7 heteroatoms. The van der Waals surface area contributed by atoms with Crippen molar-refractivity contribution in [3.63, 3.8) is 0 Å². The van der Waals surface area contributed by atoms with Gasteiger partial charge in [0.05, 0.1) is 17.3 Å². The number of benzene rings is 2. The van der Waals surface area contributed by atoms with E-state index in [0.29, 0.717) is 49.7 Å². The maximum absolute atomic E-state index is 14.3. The summed E-state index contributed by atoms with van der Waals surface area (Å²) in [6.45, 7) is 6.25. The Bertz CT molecular complexity index is 1170. The molecule has 1 saturated heterocycles. The molecular weight excluding hydrogens is 412 g/mol. The topological polar surface area (TPSA) is 48.7 Å². The van der Waals surface area contributed by atoms with E-state index in [2.05, 4.69) is 4.90 Å². The van der Waals surface area contributed by atoms with E-state index in [9.17, 15) is 18.7 Å². The van der Waals surface area contributed by atoms with Gasteiger partial charge in [0, 0.05) is 38.4 Å². The fourth-order valence-corrected chi connectivity index (χ4v) is 4.58. The Balaban J connectivity index is 1.73. The molecule has 1 aliphatic rings. The molecule has 0 saturated carbocycles. The molecule has 0 bridgehead atoms. The van der Waals surface area contributed by atoms with Crippen LogP contribution < -0.4 is 10.5 Å². The van der Waals surface area contributed by atoms with E-state index in [4.69, 9.17) is 0 Å². The highest BCUT2D eigenvalue weighted by Crippen LogP contribution is 2.34. The van der Waals surface area contributed by atoms with Crippen LogP contribution >= 0.6 is 0 Å². The summed E-state index contributed by atoms with van der Waals surface area (Å²) in [7, 11) is 0. The summed E-state index contributed by atoms with van der Waals surface area (Å²) in [5.74, 6) is -0.771. The number of aromatic hydroxyl groups is 1. The summed E-state index contributed by atoms with van der Waals surface area (Å²) >= 11 is 0. The van der Waals surface area contributed by atoms with Crippen LogP contribution in [-0.2, 0) is 6.54 Å². The van der Waals surface area contributed by atoms with Crippen LogP contribution in [0.5, 0.6) is 5.75 Å². The van der Waals surface area contributed by atoms with Crippen LogP contribution in [0, 0.1) is 18.6 Å². The fraction of sp³-hybridized carbons (Fsp3) is 0.320. The van der Waals surface area contributed by atoms with Crippen molar-refractivity contribution in [2.45, 2.75) is 26.4 Å². The zero-order chi connectivity index (χ0) is 22.8. The average Bonchev–Trinajstić information content (AvgIpc) is 2.77. The number of nitrogens with zero attached hydrogens (tertiary/aromatic N) is 3. The lowest BCUT2D eigenvalue weighted by Crippen LogP contribution is -2.49. The van der Waals surface area contributed by atoms with Gasteiger partial charge in [0.1, 0.15) is 17.4 Å². The van der Waals surface area contributed by atoms with Gasteiger partial charge in [0.2, 0.25) is 0 Å². The number of aromatic nitrogens is 1. The van der Waals surface area contributed by atoms with E-state index in [-0.39, 0.29) is 22.7 Å². The Morgan fingerprint density at radius 3 is 2.38 bits per heavy atom. The first-order valence-electron chi connectivity index (χ1n) is 10.8. The molecule has 168 valence electrons. The summed E-state index contributed by atoms with van der Waals surface area (Å²) in [5.41, 5.74) is 1.77. The van der Waals surface area contributed by atoms with Crippen LogP contribution in [0.2, 0.25) is 0 Å². The number of piperazine rings is 1. The molecule has 0 radical (unpaired) electrons. The molecule has 2 aromatic carbocycles. The molecule has 0 amide bonds. The second kappa shape index (κ2) is 9.12. The fourth-order valence-electron chi connectivity index (χ4n) is 4.58. The number of aryl methyl sites for hydroxylation is 1. The SMILES string of the molecule is CCn1c(C)cc(O)c(C(c2cccc(F)c2)N2CCN(c3ccccc3F)CC2)c1=O. The van der Waals surface area contributed by atoms with E-state index in [1.807, 2.05) is 11.8 Å². The Morgan fingerprint density at radius 2 is 1.72 bits per heavy atom. The van der Waals surface area contributed by atoms with Crippen molar-refractivity contribution in [3.05, 3.63) is 93.4 Å². The second-order valence-corrected chi connectivity index (χ2v) is 8.07. The smallest absolute Gasteiger partial charge is 0.259 e. The Hall–Kier alpha value is -3.19. The maximum Gasteiger partial charge on any atom is 0.259 e. The Kier molecular flexibility index (Phi) is 6.28. The van der Waals surface area contributed by atoms with E-state index >= 15 is 0 Å². The minimum Gasteiger partial charge on any atom is -0.507 e. The summed E-state index contributed by atoms with van der Waals surface area (Å²) < 4.78 is 30.0. The van der Waals surface area contributed by atoms with Gasteiger partial charge in [0.15, 0.2) is 0 Å². The lowest BCUT2D eigenvalue weighted by atomic mass is 9.95. The van der Waals surface area contributed by atoms with E-state index in [1.165, 1.54) is 18.2 Å². The lowest BCUT2D eigenvalue weighted by Gasteiger charge is -2.40. The van der Waals surface area contributed by atoms with Crippen molar-refractivity contribution in [1.82, 2.24) is 9.47 Å². The third-order valence-electron chi connectivity index (χ3n) is 6.15. The zero-order valence-electron chi connectivity index (χ0n) is 18.3. The molecule has 3 aromatic rings. The van der Waals surface area contributed by atoms with Crippen molar-refractivity contribution in [3.8, 4) is 5.75 Å². The average molecular weight is 440 g/mol. The van der Waals surface area contributed by atoms with Gasteiger partial charge >= 0.3 is 0 Å². The quantitative estimate of drug-likeness (QED) is 0.651. The van der Waals surface area contributed by atoms with E-state index in [0.717, 1.165) is 0 Å². The van der Waals surface area contributed by atoms with Crippen molar-refractivity contribution in [2.75, 3.05) is 31.1 Å². The van der Waals surface area contributed by atoms with Crippen LogP contribution in [0.3, 0.4) is 0 Å². The predicted molar refractivity (Wildman–Crippen MR) is 121 cm³/mol. The molecule has 5 nitrogen and oxygen atoms in total. The van der Waals surface area contributed by atoms with Crippen LogP contribution in [0.25, 0.3) is 0 Å². The molecule has 0 aliphatic carbocycles. The number of para-hydroxylation sites is 1. The van der Waals surface area contributed by atoms with Crippen molar-refractivity contribution in [2.24, 2.45) is 0 Å². The first-order valence-corrected chi connectivity index (χ1v) is 10.8. The largest absolute Gasteiger partial charge is 0.507 e. The number of hydrogen-bond acceptors (Lipinski definition) is 4. The first-order chi connectivity index (χ1) is 15.4. The van der Waals surface area contributed by atoms with Crippen LogP contribution in [0.4, 0.5) is 14.5 Å². The summed E-state index contributed by atoms with van der Waals surface area (Å²) in [6, 6.07) is 13.8. The van der Waals surface area contributed by atoms with Gasteiger partial charge in [-0.2, -0.15) is 0 Å². The molecule has 1 aliphatic heterocycles. The Labute approximate surface area is 186 Å². The normalized spacial score (nSPS) is 15.7. The van der Waals surface area contributed by atoms with Gasteiger partial charge in [-0.1, -0.05) is 24.3 Å². The minimum absolute atomic E-state index is 0.0944. The highest BCUT2D eigenvalue weighted by Gasteiger charge is 2.32. The molecule has 4 rings (SSSR count). The number of halogens is 2. The highest BCUT2D eigenvalue weighted by molar-refractivity contribution is 5.48. The standard InChI is InChI=1S/C25H27F2N3O2/c1-3-30-17(2)15-22(31)23(25(30)32)24(18-7-6-8-19(26)16-18)29-13-11-28(12-14-29)21-10-5-4-9-20(21)27/h4-10,15-16,24,31H,3,11-14H2,1-2H3. The molecule has 1 unspecified atom stereocenters. The zero-order valence-corrected chi connectivity index (χ0v) is 18.3. The number of hydrogen-bond donors (Lipinski definition) is 1. The monoisotopic (exact) mass is 439 g/mol. The summed E-state index contributed by atoms with van der Waals surface area (Å²) in [6.07, 6.45) is 0. The van der Waals surface area contributed by atoms with Crippen LogP contribution in [0.15, 0.2) is 59.4 Å². The van der Waals surface area contributed by atoms with Gasteiger partial charge in [-0.25, -0.2) is 8.78 Å². The van der Waals surface area contributed by atoms with E-state index in [1.54, 1.807) is 47.9 Å². The van der Waals surface area contributed by atoms with Gasteiger partial charge in [-0.05, 0) is 49.7 Å². The van der Waals surface area contributed by atoms with Gasteiger partial charge in [-0.3, -0.25) is 9.69 Å². The molecule has 1 aromatic heterocycles. The molecule has 2 heterocycles. The number of pyridine rings is 1. The third kappa shape index (κ3) is 4.12. The molecule has 1 fully saturated rings. The van der Waals surface area contributed by atoms with Gasteiger partial charge in [0.25, 0.3) is 5.56 Å². The van der Waals surface area contributed by atoms with Gasteiger partial charge < -0.3 is 14.6 Å². The van der Waals surface area contributed by atoms with Gasteiger partial charge in [-0.15, -0.1) is 0 Å². The molecule has 0 spiro atoms. The van der Waals surface area contributed by atoms with Crippen molar-refractivity contribution >= 4 is 5.69 Å². The highest BCUT2D eigenvalue weighted by atomic mass is 19.1.